The number of methoxy groups -OCH3 is 1. The van der Waals surface area contributed by atoms with E-state index >= 15 is 0 Å². The molecule has 4 aromatic rings. The average Bonchev–Trinajstić information content (AvgIpc) is 3.52. The lowest BCUT2D eigenvalue weighted by atomic mass is 9.75. The van der Waals surface area contributed by atoms with Crippen LogP contribution in [0.5, 0.6) is 5.75 Å². The van der Waals surface area contributed by atoms with Crippen LogP contribution < -0.4 is 4.74 Å². The van der Waals surface area contributed by atoms with Crippen LogP contribution in [0.25, 0.3) is 0 Å². The summed E-state index contributed by atoms with van der Waals surface area (Å²) in [7, 11) is 1.71. The van der Waals surface area contributed by atoms with Crippen LogP contribution in [0.2, 0.25) is 0 Å². The van der Waals surface area contributed by atoms with Crippen LogP contribution in [0.4, 0.5) is 0 Å². The molecule has 0 heterocycles. The van der Waals surface area contributed by atoms with E-state index in [1.54, 1.807) is 23.8 Å². The first-order chi connectivity index (χ1) is 23.5. The highest BCUT2D eigenvalue weighted by Gasteiger charge is 2.24. The normalized spacial score (nSPS) is 12.9. The Morgan fingerprint density at radius 1 is 0.471 bits per heavy atom. The van der Waals surface area contributed by atoms with Crippen molar-refractivity contribution in [1.29, 1.82) is 0 Å². The number of hydrogen-bond acceptors (Lipinski definition) is 1. The third-order valence-corrected chi connectivity index (χ3v) is 9.64. The molecule has 0 aromatic heterocycles. The highest BCUT2D eigenvalue weighted by atomic mass is 16.5. The third kappa shape index (κ3) is 13.6. The zero-order valence-corrected chi connectivity index (χ0v) is 35.8. The molecule has 1 heteroatoms. The largest absolute Gasteiger partial charge is 0.496 e. The number of benzene rings is 4. The van der Waals surface area contributed by atoms with Gasteiger partial charge in [0.1, 0.15) is 5.75 Å². The summed E-state index contributed by atoms with van der Waals surface area (Å²) < 4.78 is 5.27. The summed E-state index contributed by atoms with van der Waals surface area (Å²) in [5.74, 6) is 2.19. The molecule has 5 rings (SSSR count). The van der Waals surface area contributed by atoms with E-state index in [4.69, 9.17) is 4.74 Å². The molecule has 0 aliphatic heterocycles. The molecule has 1 aliphatic carbocycles. The van der Waals surface area contributed by atoms with Crippen molar-refractivity contribution in [3.05, 3.63) is 136 Å². The van der Waals surface area contributed by atoms with E-state index in [0.29, 0.717) is 22.7 Å². The van der Waals surface area contributed by atoms with Crippen molar-refractivity contribution in [3.63, 3.8) is 0 Å². The number of ether oxygens (including phenoxy) is 1. The van der Waals surface area contributed by atoms with E-state index in [-0.39, 0.29) is 10.8 Å². The molecule has 4 aromatic carbocycles. The molecule has 1 aliphatic rings. The zero-order chi connectivity index (χ0) is 38.8. The Balaban J connectivity index is 0.000000239. The first-order valence-electron chi connectivity index (χ1n) is 19.4. The Morgan fingerprint density at radius 2 is 0.961 bits per heavy atom. The minimum Gasteiger partial charge on any atom is -0.496 e. The van der Waals surface area contributed by atoms with Gasteiger partial charge in [-0.3, -0.25) is 0 Å². The van der Waals surface area contributed by atoms with Crippen molar-refractivity contribution in [1.82, 2.24) is 0 Å². The number of aryl methyl sites for hydroxylation is 2. The van der Waals surface area contributed by atoms with E-state index in [0.717, 1.165) is 5.75 Å². The van der Waals surface area contributed by atoms with Crippen molar-refractivity contribution >= 4 is 0 Å². The number of rotatable bonds is 3. The van der Waals surface area contributed by atoms with Crippen LogP contribution in [0.15, 0.2) is 91.0 Å². The van der Waals surface area contributed by atoms with Crippen molar-refractivity contribution in [2.75, 3.05) is 7.11 Å². The van der Waals surface area contributed by atoms with E-state index in [2.05, 4.69) is 184 Å². The van der Waals surface area contributed by atoms with Gasteiger partial charge in [0.2, 0.25) is 0 Å². The maximum absolute atomic E-state index is 5.27. The molecule has 280 valence electrons. The fourth-order valence-corrected chi connectivity index (χ4v) is 6.66. The minimum atomic E-state index is 0.159. The molecule has 1 nitrogen and oxygen atoms in total. The maximum Gasteiger partial charge on any atom is 0.122 e. The van der Waals surface area contributed by atoms with Gasteiger partial charge in [0.15, 0.2) is 0 Å². The van der Waals surface area contributed by atoms with Crippen molar-refractivity contribution < 1.29 is 4.74 Å². The van der Waals surface area contributed by atoms with Crippen LogP contribution in [0.1, 0.15) is 174 Å². The third-order valence-electron chi connectivity index (χ3n) is 9.64. The van der Waals surface area contributed by atoms with Crippen LogP contribution in [-0.2, 0) is 34.5 Å². The Bertz CT molecular complexity index is 1580. The fraction of sp³-hybridized carbons (Fsp3) is 0.520. The predicted octanol–water partition coefficient (Wildman–Crippen LogP) is 14.7. The summed E-state index contributed by atoms with van der Waals surface area (Å²) in [4.78, 5) is 0. The van der Waals surface area contributed by atoms with Crippen LogP contribution >= 0.6 is 0 Å². The molecule has 0 amide bonds. The van der Waals surface area contributed by atoms with Gasteiger partial charge in [-0.05, 0) is 103 Å². The molecule has 0 atom stereocenters. The van der Waals surface area contributed by atoms with Gasteiger partial charge in [0.05, 0.1) is 7.11 Å². The number of hydrogen-bond donors (Lipinski definition) is 0. The lowest BCUT2D eigenvalue weighted by Gasteiger charge is -2.29. The van der Waals surface area contributed by atoms with Gasteiger partial charge in [-0.15, -0.1) is 0 Å². The lowest BCUT2D eigenvalue weighted by Crippen LogP contribution is -2.18. The molecule has 0 fully saturated rings. The van der Waals surface area contributed by atoms with Gasteiger partial charge >= 0.3 is 0 Å². The summed E-state index contributed by atoms with van der Waals surface area (Å²) in [5, 5.41) is 0. The second-order valence-electron chi connectivity index (χ2n) is 19.0. The number of para-hydroxylation sites is 1. The Labute approximate surface area is 315 Å². The molecular formula is C50H74O. The fourth-order valence-electron chi connectivity index (χ4n) is 6.66. The van der Waals surface area contributed by atoms with Crippen LogP contribution in [0.3, 0.4) is 0 Å². The van der Waals surface area contributed by atoms with Gasteiger partial charge in [-0.1, -0.05) is 196 Å². The maximum atomic E-state index is 5.27. The molecule has 0 saturated heterocycles. The van der Waals surface area contributed by atoms with Gasteiger partial charge < -0.3 is 4.74 Å². The van der Waals surface area contributed by atoms with Crippen molar-refractivity contribution in [2.24, 2.45) is 0 Å². The van der Waals surface area contributed by atoms with Gasteiger partial charge in [0, 0.05) is 0 Å². The standard InChI is InChI=1S/C16H26.C13H18.C11H16O.C10H14/c1-11(2)13-9-8-10-14(12(3)4)15(13)16(5,6)7;1-13(2,3)12-8-7-10-5-4-6-11(10)9-12;1-11(2,3)9-7-5-6-8-10(9)12-4;1-10(2,3)9-7-5-4-6-8-9/h8-12H,1-7H3;7-9H,4-6H2,1-3H3;5-8H,1-4H3;4-8H,1-3H3. The van der Waals surface area contributed by atoms with E-state index in [1.165, 1.54) is 47.1 Å². The summed E-state index contributed by atoms with van der Waals surface area (Å²) >= 11 is 0. The average molecular weight is 691 g/mol. The van der Waals surface area contributed by atoms with Crippen molar-refractivity contribution in [2.45, 2.75) is 164 Å². The summed E-state index contributed by atoms with van der Waals surface area (Å²) in [6, 6.07) is 32.5. The first kappa shape index (κ1) is 43.8. The van der Waals surface area contributed by atoms with Crippen LogP contribution in [0, 0.1) is 0 Å². The molecule has 0 spiro atoms. The van der Waals surface area contributed by atoms with Gasteiger partial charge in [0.25, 0.3) is 0 Å². The molecule has 0 radical (unpaired) electrons. The zero-order valence-electron chi connectivity index (χ0n) is 35.8. The second-order valence-corrected chi connectivity index (χ2v) is 19.0. The first-order valence-corrected chi connectivity index (χ1v) is 19.4. The summed E-state index contributed by atoms with van der Waals surface area (Å²) in [6.45, 7) is 36.2. The van der Waals surface area contributed by atoms with Crippen molar-refractivity contribution in [3.8, 4) is 5.75 Å². The molecule has 51 heavy (non-hydrogen) atoms. The van der Waals surface area contributed by atoms with Gasteiger partial charge in [-0.25, -0.2) is 0 Å². The van der Waals surface area contributed by atoms with Gasteiger partial charge in [-0.2, -0.15) is 0 Å². The smallest absolute Gasteiger partial charge is 0.122 e. The Kier molecular flexibility index (Phi) is 15.9. The molecular weight excluding hydrogens is 617 g/mol. The Morgan fingerprint density at radius 3 is 1.37 bits per heavy atom. The van der Waals surface area contributed by atoms with E-state index in [9.17, 15) is 0 Å². The van der Waals surface area contributed by atoms with E-state index < -0.39 is 0 Å². The van der Waals surface area contributed by atoms with Crippen LogP contribution in [-0.4, -0.2) is 7.11 Å². The lowest BCUT2D eigenvalue weighted by molar-refractivity contribution is 0.397. The SMILES string of the molecule is CC(C)(C)c1ccc2c(c1)CCC2.CC(C)(C)c1ccccc1.CC(C)c1cccc(C(C)C)c1C(C)(C)C.COc1ccccc1C(C)(C)C. The highest BCUT2D eigenvalue weighted by molar-refractivity contribution is 5.43. The Hall–Kier alpha value is -3.32. The second kappa shape index (κ2) is 18.4. The molecule has 0 N–H and O–H groups in total. The quantitative estimate of drug-likeness (QED) is 0.208. The predicted molar refractivity (Wildman–Crippen MR) is 227 cm³/mol. The monoisotopic (exact) mass is 691 g/mol. The summed E-state index contributed by atoms with van der Waals surface area (Å²) in [6.07, 6.45) is 3.93. The minimum absolute atomic E-state index is 0.159. The van der Waals surface area contributed by atoms with E-state index in [1.807, 2.05) is 18.2 Å². The number of fused-ring (bicyclic) bond motifs is 1. The summed E-state index contributed by atoms with van der Waals surface area (Å²) in [5.41, 5.74) is 12.9. The topological polar surface area (TPSA) is 9.23 Å². The molecule has 0 saturated carbocycles. The molecule has 0 unspecified atom stereocenters. The molecule has 0 bridgehead atoms. The highest BCUT2D eigenvalue weighted by Crippen LogP contribution is 2.36.